The Morgan fingerprint density at radius 2 is 1.95 bits per heavy atom. The van der Waals surface area contributed by atoms with Gasteiger partial charge in [-0.15, -0.1) is 0 Å². The van der Waals surface area contributed by atoms with Crippen LogP contribution in [0.4, 0.5) is 15.9 Å². The molecule has 0 aliphatic heterocycles. The number of aryl methyl sites for hydroxylation is 1. The zero-order chi connectivity index (χ0) is 15.5. The predicted molar refractivity (Wildman–Crippen MR) is 84.6 cm³/mol. The summed E-state index contributed by atoms with van der Waals surface area (Å²) in [6, 6.07) is 8.19. The number of anilines is 2. The van der Waals surface area contributed by atoms with Crippen molar-refractivity contribution in [3.05, 3.63) is 60.3 Å². The molecule has 0 spiro atoms. The van der Waals surface area contributed by atoms with Crippen molar-refractivity contribution in [2.75, 3.05) is 11.1 Å². The second-order valence-electron chi connectivity index (χ2n) is 5.04. The molecule has 0 fully saturated rings. The normalized spacial score (nSPS) is 10.6. The summed E-state index contributed by atoms with van der Waals surface area (Å²) in [6.07, 6.45) is 5.40. The van der Waals surface area contributed by atoms with Crippen molar-refractivity contribution in [1.82, 2.24) is 14.8 Å². The smallest absolute Gasteiger partial charge is 0.146 e. The van der Waals surface area contributed by atoms with E-state index in [1.165, 1.54) is 12.1 Å². The third-order valence-electron chi connectivity index (χ3n) is 3.34. The lowest BCUT2D eigenvalue weighted by molar-refractivity contribution is 0.628. The summed E-state index contributed by atoms with van der Waals surface area (Å²) in [5.74, 6) is 0.164. The fraction of sp³-hybridized carbons (Fsp3) is 0.125. The number of pyridine rings is 1. The van der Waals surface area contributed by atoms with Crippen LogP contribution in [0, 0.1) is 5.82 Å². The molecule has 0 aliphatic carbocycles. The number of nitrogens with zero attached hydrogens (tertiary/aromatic N) is 3. The highest BCUT2D eigenvalue weighted by atomic mass is 19.1. The maximum absolute atomic E-state index is 13.0. The molecule has 0 amide bonds. The molecule has 3 aromatic rings. The average molecular weight is 297 g/mol. The summed E-state index contributed by atoms with van der Waals surface area (Å²) in [5.41, 5.74) is 9.46. The summed E-state index contributed by atoms with van der Waals surface area (Å²) >= 11 is 0. The summed E-state index contributed by atoms with van der Waals surface area (Å²) in [6.45, 7) is 0.604. The quantitative estimate of drug-likeness (QED) is 0.777. The van der Waals surface area contributed by atoms with Crippen LogP contribution in [0.1, 0.15) is 5.56 Å². The number of benzene rings is 1. The van der Waals surface area contributed by atoms with Crippen LogP contribution in [-0.4, -0.2) is 14.8 Å². The van der Waals surface area contributed by atoms with Crippen LogP contribution in [0.15, 0.2) is 48.9 Å². The standard InChI is InChI=1S/C16H16FN5/c1-22-10-11(8-21-22)7-19-15-6-13(9-20-16(15)18)12-2-4-14(17)5-3-12/h2-6,8-10,19H,7H2,1H3,(H2,18,20). The van der Waals surface area contributed by atoms with E-state index in [1.54, 1.807) is 29.2 Å². The molecular weight excluding hydrogens is 281 g/mol. The first-order valence-electron chi connectivity index (χ1n) is 6.84. The monoisotopic (exact) mass is 297 g/mol. The lowest BCUT2D eigenvalue weighted by atomic mass is 10.1. The van der Waals surface area contributed by atoms with Crippen LogP contribution in [0.2, 0.25) is 0 Å². The predicted octanol–water partition coefficient (Wildman–Crippen LogP) is 2.82. The van der Waals surface area contributed by atoms with E-state index in [-0.39, 0.29) is 5.82 Å². The lowest BCUT2D eigenvalue weighted by Gasteiger charge is -2.10. The summed E-state index contributed by atoms with van der Waals surface area (Å²) in [5, 5.41) is 7.37. The minimum atomic E-state index is -0.262. The Labute approximate surface area is 127 Å². The fourth-order valence-corrected chi connectivity index (χ4v) is 2.18. The second kappa shape index (κ2) is 5.85. The van der Waals surface area contributed by atoms with Crippen molar-refractivity contribution in [3.8, 4) is 11.1 Å². The number of aromatic nitrogens is 3. The molecule has 0 aliphatic rings. The van der Waals surface area contributed by atoms with Gasteiger partial charge in [-0.25, -0.2) is 9.37 Å². The van der Waals surface area contributed by atoms with Gasteiger partial charge >= 0.3 is 0 Å². The minimum absolute atomic E-state index is 0.262. The van der Waals surface area contributed by atoms with Crippen molar-refractivity contribution in [2.45, 2.75) is 6.54 Å². The lowest BCUT2D eigenvalue weighted by Crippen LogP contribution is -2.03. The van der Waals surface area contributed by atoms with Crippen LogP contribution in [-0.2, 0) is 13.6 Å². The molecule has 0 radical (unpaired) electrons. The third kappa shape index (κ3) is 3.06. The molecular formula is C16H16FN5. The van der Waals surface area contributed by atoms with Crippen LogP contribution in [0.25, 0.3) is 11.1 Å². The topological polar surface area (TPSA) is 68.8 Å². The first-order valence-corrected chi connectivity index (χ1v) is 6.84. The molecule has 1 aromatic carbocycles. The second-order valence-corrected chi connectivity index (χ2v) is 5.04. The highest BCUT2D eigenvalue weighted by Crippen LogP contribution is 2.25. The van der Waals surface area contributed by atoms with Gasteiger partial charge in [0.1, 0.15) is 11.6 Å². The highest BCUT2D eigenvalue weighted by Gasteiger charge is 2.05. The minimum Gasteiger partial charge on any atom is -0.382 e. The molecule has 6 heteroatoms. The Morgan fingerprint density at radius 3 is 2.64 bits per heavy atom. The molecule has 0 atom stereocenters. The van der Waals surface area contributed by atoms with Gasteiger partial charge in [0.15, 0.2) is 0 Å². The number of rotatable bonds is 4. The number of nitrogens with one attached hydrogen (secondary N) is 1. The molecule has 3 N–H and O–H groups in total. The maximum Gasteiger partial charge on any atom is 0.146 e. The number of halogens is 1. The number of hydrogen-bond acceptors (Lipinski definition) is 4. The van der Waals surface area contributed by atoms with E-state index in [0.29, 0.717) is 12.4 Å². The number of nitrogen functional groups attached to an aromatic ring is 1. The van der Waals surface area contributed by atoms with Crippen molar-refractivity contribution in [2.24, 2.45) is 7.05 Å². The van der Waals surface area contributed by atoms with E-state index >= 15 is 0 Å². The van der Waals surface area contributed by atoms with Gasteiger partial charge in [0.05, 0.1) is 11.9 Å². The van der Waals surface area contributed by atoms with Crippen LogP contribution < -0.4 is 11.1 Å². The molecule has 112 valence electrons. The van der Waals surface area contributed by atoms with E-state index in [2.05, 4.69) is 15.4 Å². The SMILES string of the molecule is Cn1cc(CNc2cc(-c3ccc(F)cc3)cnc2N)cn1. The number of nitrogens with two attached hydrogens (primary N) is 1. The Morgan fingerprint density at radius 1 is 1.18 bits per heavy atom. The molecule has 22 heavy (non-hydrogen) atoms. The van der Waals surface area contributed by atoms with Crippen molar-refractivity contribution < 1.29 is 4.39 Å². The summed E-state index contributed by atoms with van der Waals surface area (Å²) in [4.78, 5) is 4.20. The van der Waals surface area contributed by atoms with Gasteiger partial charge in [-0.2, -0.15) is 5.10 Å². The van der Waals surface area contributed by atoms with E-state index in [0.717, 1.165) is 22.4 Å². The molecule has 2 aromatic heterocycles. The van der Waals surface area contributed by atoms with Crippen LogP contribution in [0.3, 0.4) is 0 Å². The van der Waals surface area contributed by atoms with E-state index in [9.17, 15) is 4.39 Å². The first-order chi connectivity index (χ1) is 10.6. The van der Waals surface area contributed by atoms with Gasteiger partial charge < -0.3 is 11.1 Å². The first kappa shape index (κ1) is 14.1. The Hall–Kier alpha value is -2.89. The fourth-order valence-electron chi connectivity index (χ4n) is 2.18. The van der Waals surface area contributed by atoms with Gasteiger partial charge in [-0.05, 0) is 23.8 Å². The Kier molecular flexibility index (Phi) is 3.74. The molecule has 0 bridgehead atoms. The zero-order valence-corrected chi connectivity index (χ0v) is 12.1. The third-order valence-corrected chi connectivity index (χ3v) is 3.34. The molecule has 0 unspecified atom stereocenters. The Balaban J connectivity index is 1.81. The van der Waals surface area contributed by atoms with Crippen molar-refractivity contribution >= 4 is 11.5 Å². The van der Waals surface area contributed by atoms with Crippen LogP contribution >= 0.6 is 0 Å². The number of hydrogen-bond donors (Lipinski definition) is 2. The van der Waals surface area contributed by atoms with Crippen molar-refractivity contribution in [1.29, 1.82) is 0 Å². The van der Waals surface area contributed by atoms with Gasteiger partial charge in [0.2, 0.25) is 0 Å². The highest BCUT2D eigenvalue weighted by molar-refractivity contribution is 5.72. The van der Waals surface area contributed by atoms with Gasteiger partial charge in [-0.3, -0.25) is 4.68 Å². The van der Waals surface area contributed by atoms with E-state index in [1.807, 2.05) is 19.3 Å². The largest absolute Gasteiger partial charge is 0.382 e. The van der Waals surface area contributed by atoms with Gasteiger partial charge in [0.25, 0.3) is 0 Å². The van der Waals surface area contributed by atoms with E-state index < -0.39 is 0 Å². The maximum atomic E-state index is 13.0. The molecule has 5 nitrogen and oxygen atoms in total. The zero-order valence-electron chi connectivity index (χ0n) is 12.1. The van der Waals surface area contributed by atoms with Crippen molar-refractivity contribution in [3.63, 3.8) is 0 Å². The molecule has 0 saturated carbocycles. The Bertz CT molecular complexity index is 779. The summed E-state index contributed by atoms with van der Waals surface area (Å²) in [7, 11) is 1.87. The molecule has 3 rings (SSSR count). The molecule has 2 heterocycles. The average Bonchev–Trinajstić information content (AvgIpc) is 2.93. The molecule has 0 saturated heterocycles. The summed E-state index contributed by atoms with van der Waals surface area (Å²) < 4.78 is 14.7. The van der Waals surface area contributed by atoms with Gasteiger partial charge in [-0.1, -0.05) is 12.1 Å². The van der Waals surface area contributed by atoms with Crippen LogP contribution in [0.5, 0.6) is 0 Å². The van der Waals surface area contributed by atoms with Gasteiger partial charge in [0, 0.05) is 37.1 Å². The van der Waals surface area contributed by atoms with E-state index in [4.69, 9.17) is 5.73 Å².